The van der Waals surface area contributed by atoms with E-state index in [0.717, 1.165) is 0 Å². The van der Waals surface area contributed by atoms with Crippen LogP contribution in [0.5, 0.6) is 0 Å². The quantitative estimate of drug-likeness (QED) is 0.528. The number of ether oxygens (including phenoxy) is 1. The van der Waals surface area contributed by atoms with Crippen LogP contribution in [0.1, 0.15) is 20.7 Å². The van der Waals surface area contributed by atoms with Crippen molar-refractivity contribution < 1.29 is 14.3 Å². The van der Waals surface area contributed by atoms with Crippen molar-refractivity contribution in [3.63, 3.8) is 0 Å². The zero-order valence-corrected chi connectivity index (χ0v) is 11.0. The molecule has 0 saturated carbocycles. The van der Waals surface area contributed by atoms with E-state index in [0.29, 0.717) is 16.0 Å². The maximum Gasteiger partial charge on any atom is 0.339 e. The topological polar surface area (TPSA) is 43.4 Å². The number of benzene rings is 2. The van der Waals surface area contributed by atoms with Gasteiger partial charge in [-0.15, -0.1) is 12.6 Å². The molecule has 96 valence electrons. The Bertz CT molecular complexity index is 593. The zero-order chi connectivity index (χ0) is 13.7. The summed E-state index contributed by atoms with van der Waals surface area (Å²) in [6.45, 7) is -0.273. The molecule has 0 aliphatic heterocycles. The lowest BCUT2D eigenvalue weighted by atomic mass is 10.1. The van der Waals surface area contributed by atoms with Gasteiger partial charge in [0.25, 0.3) is 0 Å². The summed E-state index contributed by atoms with van der Waals surface area (Å²) >= 11 is 4.17. The Morgan fingerprint density at radius 1 is 0.947 bits per heavy atom. The van der Waals surface area contributed by atoms with Gasteiger partial charge in [0.1, 0.15) is 0 Å². The fourth-order valence-electron chi connectivity index (χ4n) is 1.56. The van der Waals surface area contributed by atoms with Gasteiger partial charge >= 0.3 is 5.97 Å². The first-order valence-corrected chi connectivity index (χ1v) is 6.16. The maximum absolute atomic E-state index is 11.8. The van der Waals surface area contributed by atoms with E-state index in [1.54, 1.807) is 48.5 Å². The first-order chi connectivity index (χ1) is 9.18. The zero-order valence-electron chi connectivity index (χ0n) is 10.1. The molecule has 4 heteroatoms. The van der Waals surface area contributed by atoms with Gasteiger partial charge in [0.2, 0.25) is 0 Å². The number of ketones is 1. The van der Waals surface area contributed by atoms with E-state index in [1.165, 1.54) is 0 Å². The van der Waals surface area contributed by atoms with Crippen LogP contribution in [0, 0.1) is 0 Å². The highest BCUT2D eigenvalue weighted by molar-refractivity contribution is 7.80. The number of Topliss-reactive ketones (excluding diaryl/α,β-unsaturated/α-hetero) is 1. The second-order valence-corrected chi connectivity index (χ2v) is 4.36. The van der Waals surface area contributed by atoms with Crippen molar-refractivity contribution in [2.24, 2.45) is 0 Å². The third-order valence-corrected chi connectivity index (χ3v) is 2.94. The number of carbonyl (C=O) groups excluding carboxylic acids is 2. The van der Waals surface area contributed by atoms with Gasteiger partial charge in [-0.1, -0.05) is 42.5 Å². The van der Waals surface area contributed by atoms with Gasteiger partial charge in [0.15, 0.2) is 12.4 Å². The monoisotopic (exact) mass is 272 g/mol. The van der Waals surface area contributed by atoms with E-state index in [-0.39, 0.29) is 12.4 Å². The predicted octanol–water partition coefficient (Wildman–Crippen LogP) is 3.02. The molecule has 0 aliphatic rings. The first-order valence-electron chi connectivity index (χ1n) is 5.72. The number of thiol groups is 1. The summed E-state index contributed by atoms with van der Waals surface area (Å²) in [4.78, 5) is 24.1. The molecule has 0 spiro atoms. The molecule has 0 bridgehead atoms. The van der Waals surface area contributed by atoms with Crippen LogP contribution in [-0.4, -0.2) is 18.4 Å². The van der Waals surface area contributed by atoms with Gasteiger partial charge in [0, 0.05) is 10.5 Å². The fourth-order valence-corrected chi connectivity index (χ4v) is 1.81. The van der Waals surface area contributed by atoms with Gasteiger partial charge in [-0.25, -0.2) is 4.79 Å². The van der Waals surface area contributed by atoms with Crippen molar-refractivity contribution in [2.75, 3.05) is 6.61 Å². The molecule has 0 fully saturated rings. The number of hydrogen-bond donors (Lipinski definition) is 1. The third kappa shape index (κ3) is 3.45. The summed E-state index contributed by atoms with van der Waals surface area (Å²) in [6, 6.07) is 15.5. The average molecular weight is 272 g/mol. The summed E-state index contributed by atoms with van der Waals surface area (Å²) in [5.74, 6) is -0.777. The van der Waals surface area contributed by atoms with Crippen LogP contribution in [0.3, 0.4) is 0 Å². The standard InChI is InChI=1S/C15H12O3S/c16-13(11-6-2-1-3-7-11)10-18-15(17)12-8-4-5-9-14(12)19/h1-9,19H,10H2. The molecule has 0 unspecified atom stereocenters. The lowest BCUT2D eigenvalue weighted by Crippen LogP contribution is -2.14. The highest BCUT2D eigenvalue weighted by atomic mass is 32.1. The van der Waals surface area contributed by atoms with Crippen LogP contribution in [-0.2, 0) is 4.74 Å². The van der Waals surface area contributed by atoms with E-state index in [9.17, 15) is 9.59 Å². The van der Waals surface area contributed by atoms with E-state index < -0.39 is 5.97 Å². The Morgan fingerprint density at radius 2 is 1.58 bits per heavy atom. The second kappa shape index (κ2) is 6.20. The van der Waals surface area contributed by atoms with E-state index in [4.69, 9.17) is 4.74 Å². The van der Waals surface area contributed by atoms with Crippen LogP contribution in [0.25, 0.3) is 0 Å². The molecular formula is C15H12O3S. The molecule has 0 amide bonds. The molecule has 19 heavy (non-hydrogen) atoms. The predicted molar refractivity (Wildman–Crippen MR) is 74.7 cm³/mol. The average Bonchev–Trinajstić information content (AvgIpc) is 2.46. The highest BCUT2D eigenvalue weighted by Gasteiger charge is 2.13. The molecular weight excluding hydrogens is 260 g/mol. The smallest absolute Gasteiger partial charge is 0.339 e. The minimum absolute atomic E-state index is 0.231. The van der Waals surface area contributed by atoms with Gasteiger partial charge in [-0.3, -0.25) is 4.79 Å². The number of carbonyl (C=O) groups is 2. The van der Waals surface area contributed by atoms with Crippen LogP contribution in [0.2, 0.25) is 0 Å². The molecule has 0 heterocycles. The molecule has 0 N–H and O–H groups in total. The van der Waals surface area contributed by atoms with Crippen molar-refractivity contribution in [3.8, 4) is 0 Å². The van der Waals surface area contributed by atoms with Gasteiger partial charge in [-0.05, 0) is 12.1 Å². The Balaban J connectivity index is 1.98. The van der Waals surface area contributed by atoms with Gasteiger partial charge in [0.05, 0.1) is 5.56 Å². The van der Waals surface area contributed by atoms with E-state index in [1.807, 2.05) is 6.07 Å². The molecule has 0 aromatic heterocycles. The van der Waals surface area contributed by atoms with Gasteiger partial charge < -0.3 is 4.74 Å². The third-order valence-electron chi connectivity index (χ3n) is 2.55. The summed E-state index contributed by atoms with van der Waals surface area (Å²) < 4.78 is 4.99. The van der Waals surface area contributed by atoms with Crippen molar-refractivity contribution in [2.45, 2.75) is 4.90 Å². The minimum atomic E-state index is -0.546. The lowest BCUT2D eigenvalue weighted by Gasteiger charge is -2.06. The summed E-state index contributed by atoms with van der Waals surface area (Å²) in [6.07, 6.45) is 0. The minimum Gasteiger partial charge on any atom is -0.454 e. The van der Waals surface area contributed by atoms with E-state index in [2.05, 4.69) is 12.6 Å². The fraction of sp³-hybridized carbons (Fsp3) is 0.0667. The molecule has 0 aliphatic carbocycles. The molecule has 0 saturated heterocycles. The normalized spacial score (nSPS) is 9.95. The van der Waals surface area contributed by atoms with Crippen LogP contribution in [0.4, 0.5) is 0 Å². The van der Waals surface area contributed by atoms with Crippen LogP contribution < -0.4 is 0 Å². The Morgan fingerprint density at radius 3 is 2.26 bits per heavy atom. The van der Waals surface area contributed by atoms with Gasteiger partial charge in [-0.2, -0.15) is 0 Å². The lowest BCUT2D eigenvalue weighted by molar-refractivity contribution is 0.0471. The molecule has 2 aromatic carbocycles. The summed E-state index contributed by atoms with van der Waals surface area (Å²) in [7, 11) is 0. The Hall–Kier alpha value is -2.07. The number of rotatable bonds is 4. The number of esters is 1. The molecule has 2 aromatic rings. The van der Waals surface area contributed by atoms with Crippen molar-refractivity contribution in [1.82, 2.24) is 0 Å². The molecule has 3 nitrogen and oxygen atoms in total. The SMILES string of the molecule is O=C(COC(=O)c1ccccc1S)c1ccccc1. The molecule has 0 atom stereocenters. The van der Waals surface area contributed by atoms with Crippen molar-refractivity contribution in [3.05, 3.63) is 65.7 Å². The maximum atomic E-state index is 11.8. The summed E-state index contributed by atoms with van der Waals surface area (Å²) in [5, 5.41) is 0. The second-order valence-electron chi connectivity index (χ2n) is 3.88. The Kier molecular flexibility index (Phi) is 4.36. The first kappa shape index (κ1) is 13.4. The van der Waals surface area contributed by atoms with Crippen LogP contribution >= 0.6 is 12.6 Å². The molecule has 2 rings (SSSR count). The largest absolute Gasteiger partial charge is 0.454 e. The molecule has 0 radical (unpaired) electrons. The van der Waals surface area contributed by atoms with Crippen molar-refractivity contribution in [1.29, 1.82) is 0 Å². The van der Waals surface area contributed by atoms with Crippen LogP contribution in [0.15, 0.2) is 59.5 Å². The highest BCUT2D eigenvalue weighted by Crippen LogP contribution is 2.14. The Labute approximate surface area is 116 Å². The number of hydrogen-bond acceptors (Lipinski definition) is 4. The van der Waals surface area contributed by atoms with E-state index >= 15 is 0 Å². The summed E-state index contributed by atoms with van der Waals surface area (Å²) in [5.41, 5.74) is 0.876. The van der Waals surface area contributed by atoms with Crippen molar-refractivity contribution >= 4 is 24.4 Å².